The quantitative estimate of drug-likeness (QED) is 0.848. The zero-order valence-corrected chi connectivity index (χ0v) is 11.9. The van der Waals surface area contributed by atoms with Gasteiger partial charge in [0.1, 0.15) is 9.84 Å². The van der Waals surface area contributed by atoms with Crippen LogP contribution in [0.1, 0.15) is 38.5 Å². The van der Waals surface area contributed by atoms with Gasteiger partial charge in [-0.2, -0.15) is 13.2 Å². The van der Waals surface area contributed by atoms with Gasteiger partial charge in [-0.05, 0) is 44.4 Å². The van der Waals surface area contributed by atoms with Gasteiger partial charge in [-0.25, -0.2) is 8.42 Å². The Morgan fingerprint density at radius 3 is 2.16 bits per heavy atom. The third-order valence-corrected chi connectivity index (χ3v) is 4.92. The van der Waals surface area contributed by atoms with Crippen LogP contribution in [0.25, 0.3) is 0 Å². The summed E-state index contributed by atoms with van der Waals surface area (Å²) in [6, 6.07) is -0.184. The van der Waals surface area contributed by atoms with Gasteiger partial charge in [-0.15, -0.1) is 0 Å². The zero-order chi connectivity index (χ0) is 14.7. The lowest BCUT2D eigenvalue weighted by atomic mass is 9.77. The fourth-order valence-electron chi connectivity index (χ4n) is 2.69. The van der Waals surface area contributed by atoms with Crippen LogP contribution in [0.2, 0.25) is 0 Å². The molecule has 0 aromatic carbocycles. The van der Waals surface area contributed by atoms with E-state index in [-0.39, 0.29) is 30.6 Å². The van der Waals surface area contributed by atoms with Gasteiger partial charge in [-0.3, -0.25) is 0 Å². The minimum Gasteiger partial charge on any atom is -0.327 e. The lowest BCUT2D eigenvalue weighted by Crippen LogP contribution is -2.36. The number of rotatable bonds is 5. The molecular weight excluding hydrogens is 279 g/mol. The smallest absolute Gasteiger partial charge is 0.327 e. The van der Waals surface area contributed by atoms with Crippen molar-refractivity contribution in [3.05, 3.63) is 0 Å². The molecule has 0 amide bonds. The van der Waals surface area contributed by atoms with Crippen molar-refractivity contribution in [2.75, 3.05) is 12.0 Å². The minimum atomic E-state index is -4.09. The number of halogens is 3. The van der Waals surface area contributed by atoms with Crippen molar-refractivity contribution >= 4 is 9.84 Å². The maximum absolute atomic E-state index is 12.5. The Hall–Kier alpha value is -0.300. The van der Waals surface area contributed by atoms with E-state index in [4.69, 9.17) is 5.73 Å². The third kappa shape index (κ3) is 6.12. The van der Waals surface area contributed by atoms with Crippen LogP contribution >= 0.6 is 0 Å². The maximum Gasteiger partial charge on any atom is 0.391 e. The summed E-state index contributed by atoms with van der Waals surface area (Å²) in [6.45, 7) is 0. The van der Waals surface area contributed by atoms with Crippen molar-refractivity contribution in [1.29, 1.82) is 0 Å². The Morgan fingerprint density at radius 1 is 1.21 bits per heavy atom. The van der Waals surface area contributed by atoms with Gasteiger partial charge in [0.15, 0.2) is 0 Å². The first-order valence-corrected chi connectivity index (χ1v) is 8.65. The van der Waals surface area contributed by atoms with E-state index >= 15 is 0 Å². The second-order valence-corrected chi connectivity index (χ2v) is 7.85. The molecule has 1 saturated carbocycles. The largest absolute Gasteiger partial charge is 0.391 e. The standard InChI is InChI=1S/C12H22F3NO2S/c1-19(17,18)8-2-3-11(16)9-4-6-10(7-5-9)12(13,14)15/h9-11H,2-8,16H2,1H3. The van der Waals surface area contributed by atoms with Crippen LogP contribution in [0.15, 0.2) is 0 Å². The predicted octanol–water partition coefficient (Wildman–Crippen LogP) is 2.51. The van der Waals surface area contributed by atoms with E-state index in [0.29, 0.717) is 25.7 Å². The van der Waals surface area contributed by atoms with E-state index in [9.17, 15) is 21.6 Å². The van der Waals surface area contributed by atoms with Gasteiger partial charge in [0.25, 0.3) is 0 Å². The van der Waals surface area contributed by atoms with E-state index in [0.717, 1.165) is 0 Å². The van der Waals surface area contributed by atoms with E-state index in [2.05, 4.69) is 0 Å². The molecule has 0 radical (unpaired) electrons. The van der Waals surface area contributed by atoms with Gasteiger partial charge in [-0.1, -0.05) is 0 Å². The molecular formula is C12H22F3NO2S. The molecule has 3 nitrogen and oxygen atoms in total. The zero-order valence-electron chi connectivity index (χ0n) is 11.1. The van der Waals surface area contributed by atoms with Crippen molar-refractivity contribution in [2.45, 2.75) is 50.7 Å². The van der Waals surface area contributed by atoms with Crippen molar-refractivity contribution < 1.29 is 21.6 Å². The number of alkyl halides is 3. The first-order chi connectivity index (χ1) is 8.59. The Morgan fingerprint density at radius 2 is 1.74 bits per heavy atom. The molecule has 0 spiro atoms. The molecule has 1 fully saturated rings. The normalized spacial score (nSPS) is 27.2. The molecule has 1 rings (SSSR count). The van der Waals surface area contributed by atoms with Gasteiger partial charge < -0.3 is 5.73 Å². The van der Waals surface area contributed by atoms with E-state index < -0.39 is 21.9 Å². The molecule has 0 aliphatic heterocycles. The van der Waals surface area contributed by atoms with Gasteiger partial charge in [0.05, 0.1) is 5.92 Å². The molecule has 19 heavy (non-hydrogen) atoms. The molecule has 1 unspecified atom stereocenters. The molecule has 0 aromatic rings. The van der Waals surface area contributed by atoms with Crippen LogP contribution in [0.5, 0.6) is 0 Å². The summed E-state index contributed by atoms with van der Waals surface area (Å²) in [5, 5.41) is 0. The lowest BCUT2D eigenvalue weighted by molar-refractivity contribution is -0.184. The molecule has 2 N–H and O–H groups in total. The van der Waals surface area contributed by atoms with Crippen molar-refractivity contribution in [3.63, 3.8) is 0 Å². The van der Waals surface area contributed by atoms with Crippen LogP contribution in [-0.2, 0) is 9.84 Å². The molecule has 0 bridgehead atoms. The highest BCUT2D eigenvalue weighted by atomic mass is 32.2. The van der Waals surface area contributed by atoms with Crippen LogP contribution in [-0.4, -0.2) is 32.6 Å². The van der Waals surface area contributed by atoms with Gasteiger partial charge >= 0.3 is 6.18 Å². The van der Waals surface area contributed by atoms with E-state index in [1.807, 2.05) is 0 Å². The minimum absolute atomic E-state index is 0.0955. The highest BCUT2D eigenvalue weighted by Crippen LogP contribution is 2.40. The number of nitrogens with two attached hydrogens (primary N) is 1. The van der Waals surface area contributed by atoms with Crippen LogP contribution in [0.3, 0.4) is 0 Å². The molecule has 0 aromatic heterocycles. The summed E-state index contributed by atoms with van der Waals surface area (Å²) in [5.74, 6) is -0.997. The monoisotopic (exact) mass is 301 g/mol. The molecule has 7 heteroatoms. The Balaban J connectivity index is 2.31. The van der Waals surface area contributed by atoms with Crippen LogP contribution in [0, 0.1) is 11.8 Å². The van der Waals surface area contributed by atoms with Gasteiger partial charge in [0, 0.05) is 18.1 Å². The maximum atomic E-state index is 12.5. The predicted molar refractivity (Wildman–Crippen MR) is 68.4 cm³/mol. The first kappa shape index (κ1) is 16.8. The third-order valence-electron chi connectivity index (χ3n) is 3.89. The van der Waals surface area contributed by atoms with Crippen LogP contribution in [0.4, 0.5) is 13.2 Å². The average Bonchev–Trinajstić information content (AvgIpc) is 2.26. The summed E-state index contributed by atoms with van der Waals surface area (Å²) < 4.78 is 59.5. The second-order valence-electron chi connectivity index (χ2n) is 5.59. The summed E-state index contributed by atoms with van der Waals surface area (Å²) in [7, 11) is -2.98. The molecule has 0 saturated heterocycles. The molecule has 1 atom stereocenters. The summed E-state index contributed by atoms with van der Waals surface area (Å²) in [5.41, 5.74) is 5.96. The molecule has 1 aliphatic carbocycles. The van der Waals surface area contributed by atoms with Crippen molar-refractivity contribution in [1.82, 2.24) is 0 Å². The second kappa shape index (κ2) is 6.43. The number of hydrogen-bond acceptors (Lipinski definition) is 3. The SMILES string of the molecule is CS(=O)(=O)CCCC(N)C1CCC(C(F)(F)F)CC1. The van der Waals surface area contributed by atoms with E-state index in [1.165, 1.54) is 6.26 Å². The Labute approximate surface area is 112 Å². The highest BCUT2D eigenvalue weighted by molar-refractivity contribution is 7.90. The summed E-state index contributed by atoms with van der Waals surface area (Å²) in [4.78, 5) is 0. The number of sulfone groups is 1. The van der Waals surface area contributed by atoms with Crippen molar-refractivity contribution in [2.24, 2.45) is 17.6 Å². The average molecular weight is 301 g/mol. The highest BCUT2D eigenvalue weighted by Gasteiger charge is 2.42. The Kier molecular flexibility index (Phi) is 5.67. The van der Waals surface area contributed by atoms with Crippen LogP contribution < -0.4 is 5.73 Å². The first-order valence-electron chi connectivity index (χ1n) is 6.59. The summed E-state index contributed by atoms with van der Waals surface area (Å²) in [6.07, 6.45) is -0.595. The molecule has 1 aliphatic rings. The topological polar surface area (TPSA) is 60.2 Å². The number of hydrogen-bond donors (Lipinski definition) is 1. The Bertz CT molecular complexity index is 373. The molecule has 0 heterocycles. The van der Waals surface area contributed by atoms with Crippen molar-refractivity contribution in [3.8, 4) is 0 Å². The lowest BCUT2D eigenvalue weighted by Gasteiger charge is -2.33. The molecule has 114 valence electrons. The fourth-order valence-corrected chi connectivity index (χ4v) is 3.38. The fraction of sp³-hybridized carbons (Fsp3) is 1.00. The van der Waals surface area contributed by atoms with E-state index in [1.54, 1.807) is 0 Å². The summed E-state index contributed by atoms with van der Waals surface area (Å²) >= 11 is 0. The van der Waals surface area contributed by atoms with Gasteiger partial charge in [0.2, 0.25) is 0 Å².